The van der Waals surface area contributed by atoms with Gasteiger partial charge in [-0.3, -0.25) is 4.98 Å². The molecule has 0 atom stereocenters. The average Bonchev–Trinajstić information content (AvgIpc) is 2.99. The minimum atomic E-state index is -0.249. The maximum Gasteiger partial charge on any atom is 0.348 e. The second kappa shape index (κ2) is 7.94. The zero-order valence-electron chi connectivity index (χ0n) is 15.6. The number of benzene rings is 2. The summed E-state index contributed by atoms with van der Waals surface area (Å²) in [6, 6.07) is 11.7. The third-order valence-corrected chi connectivity index (χ3v) is 4.14. The summed E-state index contributed by atoms with van der Waals surface area (Å²) >= 11 is 0. The highest BCUT2D eigenvalue weighted by Gasteiger charge is 2.15. The Bertz CT molecular complexity index is 904. The van der Waals surface area contributed by atoms with Crippen molar-refractivity contribution in [3.63, 3.8) is 0 Å². The Kier molecular flexibility index (Phi) is 5.93. The van der Waals surface area contributed by atoms with Crippen LogP contribution in [0.25, 0.3) is 17.1 Å². The summed E-state index contributed by atoms with van der Waals surface area (Å²) in [5, 5.41) is 4.48. The van der Waals surface area contributed by atoms with E-state index in [4.69, 9.17) is 5.73 Å². The second-order valence-corrected chi connectivity index (χ2v) is 5.77. The van der Waals surface area contributed by atoms with Gasteiger partial charge in [0, 0.05) is 12.1 Å². The third-order valence-electron chi connectivity index (χ3n) is 4.14. The van der Waals surface area contributed by atoms with Gasteiger partial charge in [-0.1, -0.05) is 43.7 Å². The van der Waals surface area contributed by atoms with Gasteiger partial charge >= 0.3 is 5.69 Å². The fourth-order valence-electron chi connectivity index (χ4n) is 2.77. The molecule has 0 saturated carbocycles. The lowest BCUT2D eigenvalue weighted by Crippen LogP contribution is -2.15. The molecule has 25 heavy (non-hydrogen) atoms. The molecule has 0 saturated heterocycles. The average molecular weight is 338 g/mol. The van der Waals surface area contributed by atoms with Crippen molar-refractivity contribution >= 4 is 0 Å². The molecule has 5 nitrogen and oxygen atoms in total. The van der Waals surface area contributed by atoms with Crippen molar-refractivity contribution in [2.24, 2.45) is 5.73 Å². The Morgan fingerprint density at radius 2 is 1.68 bits per heavy atom. The summed E-state index contributed by atoms with van der Waals surface area (Å²) in [4.78, 5) is 15.2. The van der Waals surface area contributed by atoms with Crippen LogP contribution in [-0.2, 0) is 6.54 Å². The molecule has 0 aliphatic heterocycles. The van der Waals surface area contributed by atoms with Crippen LogP contribution >= 0.6 is 0 Å². The Balaban J connectivity index is 0.00000109. The SMILES string of the molecule is CC.Cc1ccc(-n2nc(-c3c(C)ccc(CN)c3C)[nH]c2=O)cc1. The number of aromatic amines is 1. The van der Waals surface area contributed by atoms with Crippen molar-refractivity contribution < 1.29 is 0 Å². The number of aryl methyl sites for hydroxylation is 2. The van der Waals surface area contributed by atoms with Crippen LogP contribution in [0.2, 0.25) is 0 Å². The van der Waals surface area contributed by atoms with Crippen LogP contribution in [-0.4, -0.2) is 14.8 Å². The molecule has 3 rings (SSSR count). The van der Waals surface area contributed by atoms with Gasteiger partial charge < -0.3 is 5.73 Å². The Morgan fingerprint density at radius 1 is 1.04 bits per heavy atom. The van der Waals surface area contributed by atoms with Gasteiger partial charge in [-0.2, -0.15) is 4.68 Å². The van der Waals surface area contributed by atoms with Crippen LogP contribution < -0.4 is 11.4 Å². The number of nitrogens with zero attached hydrogens (tertiary/aromatic N) is 2. The number of nitrogens with one attached hydrogen (secondary N) is 1. The number of rotatable bonds is 3. The molecule has 0 fully saturated rings. The highest BCUT2D eigenvalue weighted by atomic mass is 16.1. The van der Waals surface area contributed by atoms with Crippen molar-refractivity contribution in [3.05, 3.63) is 69.1 Å². The summed E-state index contributed by atoms with van der Waals surface area (Å²) in [6.45, 7) is 10.5. The van der Waals surface area contributed by atoms with Gasteiger partial charge in [0.25, 0.3) is 0 Å². The van der Waals surface area contributed by atoms with E-state index in [9.17, 15) is 4.79 Å². The molecule has 0 spiro atoms. The minimum absolute atomic E-state index is 0.249. The van der Waals surface area contributed by atoms with E-state index in [0.29, 0.717) is 12.4 Å². The van der Waals surface area contributed by atoms with Gasteiger partial charge in [0.15, 0.2) is 5.82 Å². The lowest BCUT2D eigenvalue weighted by molar-refractivity contribution is 0.844. The van der Waals surface area contributed by atoms with E-state index in [0.717, 1.165) is 33.5 Å². The number of H-pyrrole nitrogens is 1. The van der Waals surface area contributed by atoms with Crippen molar-refractivity contribution in [1.29, 1.82) is 0 Å². The monoisotopic (exact) mass is 338 g/mol. The molecule has 0 bridgehead atoms. The van der Waals surface area contributed by atoms with Gasteiger partial charge in [0.1, 0.15) is 0 Å². The van der Waals surface area contributed by atoms with Crippen LogP contribution in [0.5, 0.6) is 0 Å². The van der Waals surface area contributed by atoms with Crippen molar-refractivity contribution in [2.75, 3.05) is 0 Å². The van der Waals surface area contributed by atoms with Crippen LogP contribution in [0.3, 0.4) is 0 Å². The van der Waals surface area contributed by atoms with E-state index in [1.165, 1.54) is 4.68 Å². The zero-order valence-corrected chi connectivity index (χ0v) is 15.6. The molecule has 132 valence electrons. The predicted octanol–water partition coefficient (Wildman–Crippen LogP) is 3.64. The van der Waals surface area contributed by atoms with E-state index >= 15 is 0 Å². The Morgan fingerprint density at radius 3 is 2.28 bits per heavy atom. The summed E-state index contributed by atoms with van der Waals surface area (Å²) in [6.07, 6.45) is 0. The van der Waals surface area contributed by atoms with E-state index in [2.05, 4.69) is 10.1 Å². The molecule has 3 aromatic rings. The molecule has 0 aliphatic carbocycles. The van der Waals surface area contributed by atoms with Crippen LogP contribution in [0.15, 0.2) is 41.2 Å². The summed E-state index contributed by atoms with van der Waals surface area (Å²) in [5.41, 5.74) is 11.5. The first kappa shape index (κ1) is 18.7. The maximum atomic E-state index is 12.3. The maximum absolute atomic E-state index is 12.3. The molecular weight excluding hydrogens is 312 g/mol. The summed E-state index contributed by atoms with van der Waals surface area (Å²) in [5.74, 6) is 0.570. The lowest BCUT2D eigenvalue weighted by Gasteiger charge is -2.11. The van der Waals surface area contributed by atoms with E-state index in [-0.39, 0.29) is 5.69 Å². The van der Waals surface area contributed by atoms with E-state index in [1.807, 2.05) is 71.0 Å². The Labute approximate surface area is 148 Å². The smallest absolute Gasteiger partial charge is 0.326 e. The number of aromatic nitrogens is 3. The Hall–Kier alpha value is -2.66. The van der Waals surface area contributed by atoms with E-state index < -0.39 is 0 Å². The molecule has 2 aromatic carbocycles. The van der Waals surface area contributed by atoms with Crippen molar-refractivity contribution in [1.82, 2.24) is 14.8 Å². The standard InChI is InChI=1S/C18H20N4O.C2H6/c1-11-4-8-15(9-5-11)22-18(23)20-17(21-22)16-12(2)6-7-14(10-19)13(16)3;1-2/h4-9H,10,19H2,1-3H3,(H,20,21,23);1-2H3. The molecule has 5 heteroatoms. The largest absolute Gasteiger partial charge is 0.348 e. The van der Waals surface area contributed by atoms with Gasteiger partial charge in [0.05, 0.1) is 5.69 Å². The second-order valence-electron chi connectivity index (χ2n) is 5.77. The highest BCUT2D eigenvalue weighted by Crippen LogP contribution is 2.26. The predicted molar refractivity (Wildman–Crippen MR) is 103 cm³/mol. The zero-order chi connectivity index (χ0) is 18.6. The third kappa shape index (κ3) is 3.72. The van der Waals surface area contributed by atoms with Crippen molar-refractivity contribution in [2.45, 2.75) is 41.2 Å². The topological polar surface area (TPSA) is 76.7 Å². The number of hydrogen-bond acceptors (Lipinski definition) is 3. The fourth-order valence-corrected chi connectivity index (χ4v) is 2.77. The van der Waals surface area contributed by atoms with Crippen LogP contribution in [0.1, 0.15) is 36.1 Å². The first-order valence-electron chi connectivity index (χ1n) is 8.57. The van der Waals surface area contributed by atoms with Gasteiger partial charge in [-0.05, 0) is 49.6 Å². The quantitative estimate of drug-likeness (QED) is 0.765. The normalized spacial score (nSPS) is 10.3. The van der Waals surface area contributed by atoms with Gasteiger partial charge in [-0.15, -0.1) is 5.10 Å². The molecule has 0 radical (unpaired) electrons. The van der Waals surface area contributed by atoms with Crippen LogP contribution in [0.4, 0.5) is 0 Å². The first-order valence-corrected chi connectivity index (χ1v) is 8.57. The minimum Gasteiger partial charge on any atom is -0.326 e. The summed E-state index contributed by atoms with van der Waals surface area (Å²) < 4.78 is 1.39. The molecule has 1 heterocycles. The van der Waals surface area contributed by atoms with E-state index in [1.54, 1.807) is 0 Å². The van der Waals surface area contributed by atoms with Crippen LogP contribution in [0, 0.1) is 20.8 Å². The molecule has 0 aliphatic rings. The number of hydrogen-bond donors (Lipinski definition) is 2. The lowest BCUT2D eigenvalue weighted by atomic mass is 9.97. The van der Waals surface area contributed by atoms with Gasteiger partial charge in [0.2, 0.25) is 0 Å². The highest BCUT2D eigenvalue weighted by molar-refractivity contribution is 5.66. The fraction of sp³-hybridized carbons (Fsp3) is 0.300. The molecule has 3 N–H and O–H groups in total. The number of nitrogens with two attached hydrogens (primary N) is 1. The molecular formula is C20H26N4O. The van der Waals surface area contributed by atoms with Gasteiger partial charge in [-0.25, -0.2) is 4.79 Å². The van der Waals surface area contributed by atoms with Crippen molar-refractivity contribution in [3.8, 4) is 17.1 Å². The molecule has 0 amide bonds. The first-order chi connectivity index (χ1) is 12.0. The molecule has 0 unspecified atom stereocenters. The molecule has 1 aromatic heterocycles. The summed E-state index contributed by atoms with van der Waals surface area (Å²) in [7, 11) is 0.